The number of halogens is 1. The molecule has 2 aromatic rings. The molecule has 0 atom stereocenters. The number of nitrogens with one attached hydrogen (secondary N) is 1. The second kappa shape index (κ2) is 9.06. The highest BCUT2D eigenvalue weighted by molar-refractivity contribution is 5.88. The first-order chi connectivity index (χ1) is 12.1. The van der Waals surface area contributed by atoms with E-state index in [1.807, 2.05) is 24.3 Å². The molecular formula is C21H27ClN2O2. The summed E-state index contributed by atoms with van der Waals surface area (Å²) in [5.74, 6) is 0.107. The Labute approximate surface area is 161 Å². The number of ether oxygens (including phenoxy) is 1. The Morgan fingerprint density at radius 1 is 1.08 bits per heavy atom. The predicted octanol–water partition coefficient (Wildman–Crippen LogP) is 3.41. The molecule has 3 N–H and O–H groups in total. The van der Waals surface area contributed by atoms with Crippen LogP contribution < -0.4 is 11.1 Å². The highest BCUT2D eigenvalue weighted by atomic mass is 35.5. The van der Waals surface area contributed by atoms with E-state index in [0.29, 0.717) is 19.8 Å². The second-order valence-corrected chi connectivity index (χ2v) is 6.81. The maximum absolute atomic E-state index is 13.1. The largest absolute Gasteiger partial charge is 0.399 e. The van der Waals surface area contributed by atoms with Gasteiger partial charge in [-0.3, -0.25) is 4.79 Å². The van der Waals surface area contributed by atoms with Crippen molar-refractivity contribution in [1.29, 1.82) is 0 Å². The van der Waals surface area contributed by atoms with E-state index < -0.39 is 5.41 Å². The highest BCUT2D eigenvalue weighted by Gasteiger charge is 2.41. The normalized spacial score (nSPS) is 15.7. The number of aryl methyl sites for hydroxylation is 1. The second-order valence-electron chi connectivity index (χ2n) is 6.81. The molecule has 1 aliphatic heterocycles. The van der Waals surface area contributed by atoms with Gasteiger partial charge in [0.25, 0.3) is 0 Å². The smallest absolute Gasteiger partial charge is 0.230 e. The zero-order valence-corrected chi connectivity index (χ0v) is 16.0. The molecule has 0 spiro atoms. The van der Waals surface area contributed by atoms with Gasteiger partial charge >= 0.3 is 0 Å². The molecule has 1 amide bonds. The summed E-state index contributed by atoms with van der Waals surface area (Å²) in [6.45, 7) is 3.93. The van der Waals surface area contributed by atoms with E-state index in [1.54, 1.807) is 0 Å². The molecule has 2 aromatic carbocycles. The number of anilines is 1. The molecule has 0 unspecified atom stereocenters. The van der Waals surface area contributed by atoms with Crippen LogP contribution >= 0.6 is 12.4 Å². The summed E-state index contributed by atoms with van der Waals surface area (Å²) in [6.07, 6.45) is 2.25. The van der Waals surface area contributed by atoms with Gasteiger partial charge in [0, 0.05) is 25.4 Å². The van der Waals surface area contributed by atoms with Gasteiger partial charge < -0.3 is 15.8 Å². The first kappa shape index (κ1) is 20.3. The van der Waals surface area contributed by atoms with Gasteiger partial charge in [0.1, 0.15) is 0 Å². The van der Waals surface area contributed by atoms with Crippen molar-refractivity contribution in [2.45, 2.75) is 31.6 Å². The van der Waals surface area contributed by atoms with Crippen LogP contribution in [0.5, 0.6) is 0 Å². The van der Waals surface area contributed by atoms with E-state index in [2.05, 4.69) is 36.5 Å². The van der Waals surface area contributed by atoms with E-state index in [0.717, 1.165) is 30.5 Å². The Balaban J connectivity index is 0.00000243. The van der Waals surface area contributed by atoms with Crippen LogP contribution in [0.2, 0.25) is 0 Å². The topological polar surface area (TPSA) is 64.4 Å². The van der Waals surface area contributed by atoms with Crippen LogP contribution in [0, 0.1) is 6.92 Å². The van der Waals surface area contributed by atoms with Crippen molar-refractivity contribution < 1.29 is 9.53 Å². The monoisotopic (exact) mass is 374 g/mol. The first-order valence-electron chi connectivity index (χ1n) is 8.88. The molecular weight excluding hydrogens is 348 g/mol. The van der Waals surface area contributed by atoms with Crippen molar-refractivity contribution in [1.82, 2.24) is 5.32 Å². The third kappa shape index (κ3) is 4.57. The maximum Gasteiger partial charge on any atom is 0.230 e. The summed E-state index contributed by atoms with van der Waals surface area (Å²) in [6, 6.07) is 16.1. The average molecular weight is 375 g/mol. The number of hydrogen-bond donors (Lipinski definition) is 2. The molecule has 4 nitrogen and oxygen atoms in total. The molecule has 0 aliphatic carbocycles. The van der Waals surface area contributed by atoms with Crippen LogP contribution in [-0.4, -0.2) is 25.7 Å². The number of nitrogens with two attached hydrogens (primary N) is 1. The molecule has 0 radical (unpaired) electrons. The average Bonchev–Trinajstić information content (AvgIpc) is 2.64. The quantitative estimate of drug-likeness (QED) is 0.788. The van der Waals surface area contributed by atoms with E-state index in [9.17, 15) is 4.79 Å². The van der Waals surface area contributed by atoms with Crippen molar-refractivity contribution in [2.75, 3.05) is 25.5 Å². The molecule has 0 bridgehead atoms. The fourth-order valence-corrected chi connectivity index (χ4v) is 3.41. The lowest BCUT2D eigenvalue weighted by Gasteiger charge is -2.36. The number of carbonyl (C=O) groups excluding carboxylic acids is 1. The number of amides is 1. The lowest BCUT2D eigenvalue weighted by atomic mass is 9.73. The Kier molecular flexibility index (Phi) is 7.06. The molecule has 26 heavy (non-hydrogen) atoms. The van der Waals surface area contributed by atoms with Crippen LogP contribution in [0.3, 0.4) is 0 Å². The Hall–Kier alpha value is -2.04. The highest BCUT2D eigenvalue weighted by Crippen LogP contribution is 2.35. The molecule has 1 heterocycles. The minimum atomic E-state index is -0.479. The standard InChI is InChI=1S/C21H26N2O2.ClH/c1-16-2-6-18(7-3-16)21(11-14-25-15-12-21)20(24)23-13-10-17-4-8-19(22)9-5-17;/h2-9H,10-15,22H2,1H3,(H,23,24);1H. The van der Waals surface area contributed by atoms with Crippen LogP contribution in [-0.2, 0) is 21.4 Å². The van der Waals surface area contributed by atoms with Gasteiger partial charge in [-0.2, -0.15) is 0 Å². The number of nitrogen functional groups attached to an aromatic ring is 1. The number of carbonyl (C=O) groups is 1. The van der Waals surface area contributed by atoms with Gasteiger partial charge in [-0.05, 0) is 49.4 Å². The fraction of sp³-hybridized carbons (Fsp3) is 0.381. The molecule has 140 valence electrons. The van der Waals surface area contributed by atoms with Crippen molar-refractivity contribution in [3.05, 3.63) is 65.2 Å². The predicted molar refractivity (Wildman–Crippen MR) is 108 cm³/mol. The van der Waals surface area contributed by atoms with Crippen molar-refractivity contribution >= 4 is 24.0 Å². The van der Waals surface area contributed by atoms with Gasteiger partial charge in [0.05, 0.1) is 5.41 Å². The van der Waals surface area contributed by atoms with Crippen molar-refractivity contribution in [3.8, 4) is 0 Å². The molecule has 0 saturated carbocycles. The number of rotatable bonds is 5. The molecule has 1 fully saturated rings. The molecule has 5 heteroatoms. The summed E-state index contributed by atoms with van der Waals surface area (Å²) >= 11 is 0. The number of hydrogen-bond acceptors (Lipinski definition) is 3. The molecule has 3 rings (SSSR count). The van der Waals surface area contributed by atoms with Crippen LogP contribution in [0.4, 0.5) is 5.69 Å². The van der Waals surface area contributed by atoms with Crippen molar-refractivity contribution in [2.24, 2.45) is 0 Å². The molecule has 1 aliphatic rings. The SMILES string of the molecule is Cc1ccc(C2(C(=O)NCCc3ccc(N)cc3)CCOCC2)cc1.Cl. The lowest BCUT2D eigenvalue weighted by molar-refractivity contribution is -0.130. The van der Waals surface area contributed by atoms with Gasteiger partial charge in [-0.25, -0.2) is 0 Å². The van der Waals surface area contributed by atoms with Crippen molar-refractivity contribution in [3.63, 3.8) is 0 Å². The van der Waals surface area contributed by atoms with Gasteiger partial charge in [-0.15, -0.1) is 12.4 Å². The number of benzene rings is 2. The van der Waals surface area contributed by atoms with Crippen LogP contribution in [0.1, 0.15) is 29.5 Å². The minimum Gasteiger partial charge on any atom is -0.399 e. The summed E-state index contributed by atoms with van der Waals surface area (Å²) in [4.78, 5) is 13.1. The minimum absolute atomic E-state index is 0. The third-order valence-corrected chi connectivity index (χ3v) is 5.06. The zero-order chi connectivity index (χ0) is 17.7. The van der Waals surface area contributed by atoms with E-state index in [1.165, 1.54) is 11.1 Å². The first-order valence-corrected chi connectivity index (χ1v) is 8.88. The molecule has 1 saturated heterocycles. The third-order valence-electron chi connectivity index (χ3n) is 5.06. The van der Waals surface area contributed by atoms with Gasteiger partial charge in [0.15, 0.2) is 0 Å². The summed E-state index contributed by atoms with van der Waals surface area (Å²) in [7, 11) is 0. The van der Waals surface area contributed by atoms with E-state index in [4.69, 9.17) is 10.5 Å². The maximum atomic E-state index is 13.1. The summed E-state index contributed by atoms with van der Waals surface area (Å²) in [5, 5.41) is 3.14. The van der Waals surface area contributed by atoms with E-state index in [-0.39, 0.29) is 18.3 Å². The Bertz CT molecular complexity index is 708. The Morgan fingerprint density at radius 3 is 2.31 bits per heavy atom. The summed E-state index contributed by atoms with van der Waals surface area (Å²) < 4.78 is 5.51. The van der Waals surface area contributed by atoms with Gasteiger partial charge in [-0.1, -0.05) is 42.0 Å². The van der Waals surface area contributed by atoms with Crippen LogP contribution in [0.25, 0.3) is 0 Å². The van der Waals surface area contributed by atoms with Crippen LogP contribution in [0.15, 0.2) is 48.5 Å². The molecule has 0 aromatic heterocycles. The summed E-state index contributed by atoms with van der Waals surface area (Å²) in [5.41, 5.74) is 9.46. The Morgan fingerprint density at radius 2 is 1.69 bits per heavy atom. The lowest BCUT2D eigenvalue weighted by Crippen LogP contribution is -2.48. The van der Waals surface area contributed by atoms with Gasteiger partial charge in [0.2, 0.25) is 5.91 Å². The fourth-order valence-electron chi connectivity index (χ4n) is 3.41. The zero-order valence-electron chi connectivity index (χ0n) is 15.2. The van der Waals surface area contributed by atoms with E-state index >= 15 is 0 Å².